The number of thioether (sulfide) groups is 1. The number of rotatable bonds is 4. The minimum atomic E-state index is -3.91. The maximum absolute atomic E-state index is 14.4. The molecule has 0 bridgehead atoms. The number of fused-ring (bicyclic) bond motifs is 1. The zero-order valence-corrected chi connectivity index (χ0v) is 17.2. The first-order valence-electron chi connectivity index (χ1n) is 8.14. The van der Waals surface area contributed by atoms with Gasteiger partial charge in [-0.15, -0.1) is 0 Å². The van der Waals surface area contributed by atoms with E-state index >= 15 is 0 Å². The van der Waals surface area contributed by atoms with Gasteiger partial charge in [-0.2, -0.15) is 0 Å². The van der Waals surface area contributed by atoms with E-state index in [1.54, 1.807) is 18.3 Å². The molecule has 1 amide bonds. The second-order valence-electron chi connectivity index (χ2n) is 5.96. The maximum Gasteiger partial charge on any atom is 0.263 e. The maximum atomic E-state index is 14.4. The number of sulfonamides is 1. The Hall–Kier alpha value is -2.60. The van der Waals surface area contributed by atoms with Crippen molar-refractivity contribution in [3.05, 3.63) is 53.1 Å². The van der Waals surface area contributed by atoms with E-state index in [2.05, 4.69) is 15.0 Å². The zero-order chi connectivity index (χ0) is 20.8. The van der Waals surface area contributed by atoms with Crippen molar-refractivity contribution < 1.29 is 22.0 Å². The number of carbonyl (C=O) groups is 1. The van der Waals surface area contributed by atoms with Gasteiger partial charge in [0.1, 0.15) is 26.4 Å². The van der Waals surface area contributed by atoms with Gasteiger partial charge in [0.05, 0.1) is 4.91 Å². The van der Waals surface area contributed by atoms with Crippen molar-refractivity contribution in [2.75, 3.05) is 7.05 Å². The van der Waals surface area contributed by atoms with Crippen LogP contribution in [-0.4, -0.2) is 30.7 Å². The molecule has 1 aromatic carbocycles. The molecule has 0 aliphatic carbocycles. The second-order valence-corrected chi connectivity index (χ2v) is 9.53. The summed E-state index contributed by atoms with van der Waals surface area (Å²) < 4.78 is 46.5. The highest BCUT2D eigenvalue weighted by Crippen LogP contribution is 2.33. The van der Waals surface area contributed by atoms with E-state index in [0.29, 0.717) is 37.1 Å². The van der Waals surface area contributed by atoms with Crippen molar-refractivity contribution in [3.63, 3.8) is 0 Å². The highest BCUT2D eigenvalue weighted by molar-refractivity contribution is 8.26. The number of nitrogens with zero attached hydrogens (tertiary/aromatic N) is 1. The summed E-state index contributed by atoms with van der Waals surface area (Å²) in [6.45, 7) is 0. The smallest absolute Gasteiger partial charge is 0.263 e. The van der Waals surface area contributed by atoms with Crippen LogP contribution in [0, 0.1) is 5.82 Å². The summed E-state index contributed by atoms with van der Waals surface area (Å²) >= 11 is 6.09. The minimum Gasteiger partial charge on any atom is -0.456 e. The predicted molar refractivity (Wildman–Crippen MR) is 112 cm³/mol. The Morgan fingerprint density at radius 1 is 1.31 bits per heavy atom. The average Bonchev–Trinajstić information content (AvgIpc) is 3.23. The lowest BCUT2D eigenvalue weighted by atomic mass is 10.1. The Bertz CT molecular complexity index is 1320. The molecule has 0 radical (unpaired) electrons. The number of furan rings is 1. The van der Waals surface area contributed by atoms with Crippen LogP contribution in [-0.2, 0) is 14.8 Å². The zero-order valence-electron chi connectivity index (χ0n) is 14.7. The standard InChI is InChI=1S/C18H12FN3O4S3/c1-20-29(24,25)15-3-2-9(5-13(15)19)12-8-21-7-10-4-11(26-16(10)12)6-14-17(23)22-18(27)28-14/h2-8,20H,1H3,(H,22,23,27)/b14-6+. The van der Waals surface area contributed by atoms with E-state index in [4.69, 9.17) is 16.6 Å². The van der Waals surface area contributed by atoms with Crippen LogP contribution in [0.4, 0.5) is 4.39 Å². The predicted octanol–water partition coefficient (Wildman–Crippen LogP) is 3.03. The molecule has 0 spiro atoms. The molecule has 1 fully saturated rings. The van der Waals surface area contributed by atoms with Crippen molar-refractivity contribution in [3.8, 4) is 11.1 Å². The van der Waals surface area contributed by atoms with E-state index in [9.17, 15) is 17.6 Å². The average molecular weight is 450 g/mol. The van der Waals surface area contributed by atoms with Gasteiger partial charge in [0.25, 0.3) is 5.91 Å². The van der Waals surface area contributed by atoms with Gasteiger partial charge in [-0.25, -0.2) is 17.5 Å². The number of amides is 1. The van der Waals surface area contributed by atoms with Crippen molar-refractivity contribution in [1.29, 1.82) is 0 Å². The van der Waals surface area contributed by atoms with Gasteiger partial charge in [-0.3, -0.25) is 9.78 Å². The molecule has 0 unspecified atom stereocenters. The van der Waals surface area contributed by atoms with Crippen molar-refractivity contribution >= 4 is 61.3 Å². The molecule has 148 valence electrons. The lowest BCUT2D eigenvalue weighted by Gasteiger charge is -2.07. The molecule has 11 heteroatoms. The second kappa shape index (κ2) is 7.34. The highest BCUT2D eigenvalue weighted by atomic mass is 32.2. The van der Waals surface area contributed by atoms with Crippen LogP contribution in [0.25, 0.3) is 28.2 Å². The van der Waals surface area contributed by atoms with Gasteiger partial charge < -0.3 is 9.73 Å². The largest absolute Gasteiger partial charge is 0.456 e. The lowest BCUT2D eigenvalue weighted by Crippen LogP contribution is -2.19. The van der Waals surface area contributed by atoms with E-state index in [1.807, 2.05) is 0 Å². The Kier molecular flexibility index (Phi) is 4.99. The fourth-order valence-electron chi connectivity index (χ4n) is 2.81. The third-order valence-electron chi connectivity index (χ3n) is 4.16. The quantitative estimate of drug-likeness (QED) is 0.466. The molecular weight excluding hydrogens is 437 g/mol. The number of aromatic nitrogens is 1. The first-order valence-corrected chi connectivity index (χ1v) is 10.8. The van der Waals surface area contributed by atoms with Crippen molar-refractivity contribution in [2.45, 2.75) is 4.90 Å². The van der Waals surface area contributed by atoms with E-state index in [0.717, 1.165) is 17.8 Å². The molecule has 0 saturated carbocycles. The summed E-state index contributed by atoms with van der Waals surface area (Å²) in [5, 5.41) is 3.17. The van der Waals surface area contributed by atoms with Gasteiger partial charge >= 0.3 is 0 Å². The Labute approximate surface area is 174 Å². The number of hydrogen-bond acceptors (Lipinski definition) is 7. The number of halogens is 1. The lowest BCUT2D eigenvalue weighted by molar-refractivity contribution is -0.115. The highest BCUT2D eigenvalue weighted by Gasteiger charge is 2.23. The minimum absolute atomic E-state index is 0.304. The summed E-state index contributed by atoms with van der Waals surface area (Å²) in [6, 6.07) is 5.47. The number of hydrogen-bond donors (Lipinski definition) is 2. The van der Waals surface area contributed by atoms with Crippen LogP contribution in [0.15, 0.2) is 50.9 Å². The summed E-state index contributed by atoms with van der Waals surface area (Å²) in [5.74, 6) is -0.788. The van der Waals surface area contributed by atoms with Crippen LogP contribution in [0.5, 0.6) is 0 Å². The molecule has 3 heterocycles. The summed E-state index contributed by atoms with van der Waals surface area (Å²) in [7, 11) is -2.70. The number of carbonyl (C=O) groups excluding carboxylic acids is 1. The van der Waals surface area contributed by atoms with Crippen LogP contribution in [0.2, 0.25) is 0 Å². The third kappa shape index (κ3) is 3.69. The number of pyridine rings is 1. The van der Waals surface area contributed by atoms with Gasteiger partial charge in [-0.1, -0.05) is 30.0 Å². The van der Waals surface area contributed by atoms with E-state index < -0.39 is 20.7 Å². The topological polar surface area (TPSA) is 101 Å². The Balaban J connectivity index is 1.79. The van der Waals surface area contributed by atoms with Crippen molar-refractivity contribution in [2.24, 2.45) is 0 Å². The molecule has 29 heavy (non-hydrogen) atoms. The van der Waals surface area contributed by atoms with E-state index in [-0.39, 0.29) is 5.91 Å². The molecule has 1 saturated heterocycles. The molecule has 7 nitrogen and oxygen atoms in total. The van der Waals surface area contributed by atoms with Gasteiger partial charge in [0.2, 0.25) is 10.0 Å². The number of nitrogens with one attached hydrogen (secondary N) is 2. The third-order valence-corrected chi connectivity index (χ3v) is 6.77. The van der Waals surface area contributed by atoms with Crippen LogP contribution >= 0.6 is 24.0 Å². The summed E-state index contributed by atoms with van der Waals surface area (Å²) in [4.78, 5) is 15.9. The number of benzene rings is 1. The fourth-order valence-corrected chi connectivity index (χ4v) is 4.61. The van der Waals surface area contributed by atoms with Gasteiger partial charge in [-0.05, 0) is 30.8 Å². The normalized spacial score (nSPS) is 16.0. The van der Waals surface area contributed by atoms with Crippen LogP contribution < -0.4 is 10.0 Å². The first kappa shape index (κ1) is 19.7. The summed E-state index contributed by atoms with van der Waals surface area (Å²) in [6.07, 6.45) is 4.63. The molecule has 1 aliphatic heterocycles. The monoisotopic (exact) mass is 449 g/mol. The van der Waals surface area contributed by atoms with E-state index in [1.165, 1.54) is 25.4 Å². The molecular formula is C18H12FN3O4S3. The molecule has 3 aromatic rings. The SMILES string of the molecule is CNS(=O)(=O)c1ccc(-c2cncc3cc(/C=C4/SC(=S)NC4=O)oc23)cc1F. The molecule has 0 atom stereocenters. The first-order chi connectivity index (χ1) is 13.8. The van der Waals surface area contributed by atoms with Gasteiger partial charge in [0.15, 0.2) is 0 Å². The van der Waals surface area contributed by atoms with Crippen LogP contribution in [0.3, 0.4) is 0 Å². The van der Waals surface area contributed by atoms with Gasteiger partial charge in [0, 0.05) is 29.4 Å². The fraction of sp³-hybridized carbons (Fsp3) is 0.0556. The molecule has 2 aromatic heterocycles. The Morgan fingerprint density at radius 2 is 2.10 bits per heavy atom. The molecule has 4 rings (SSSR count). The van der Waals surface area contributed by atoms with Crippen LogP contribution in [0.1, 0.15) is 5.76 Å². The van der Waals surface area contributed by atoms with Crippen molar-refractivity contribution in [1.82, 2.24) is 15.0 Å². The Morgan fingerprint density at radius 3 is 2.76 bits per heavy atom. The number of thiocarbonyl (C=S) groups is 1. The molecule has 2 N–H and O–H groups in total. The summed E-state index contributed by atoms with van der Waals surface area (Å²) in [5.41, 5.74) is 1.32. The molecule has 1 aliphatic rings.